The molecule has 0 aliphatic carbocycles. The van der Waals surface area contributed by atoms with Gasteiger partial charge in [0.1, 0.15) is 5.52 Å². The average molecular weight is 333 g/mol. The molecule has 0 aliphatic heterocycles. The Bertz CT molecular complexity index is 879. The quantitative estimate of drug-likeness (QED) is 0.688. The third kappa shape index (κ3) is 2.56. The number of alkyl halides is 3. The molecule has 3 rings (SSSR count). The summed E-state index contributed by atoms with van der Waals surface area (Å²) < 4.78 is 41.6. The SMILES string of the molecule is CCc1cc(C(C)(C)C(F)(F)F)ccc1-n1nnc2ccccc21. The van der Waals surface area contributed by atoms with Crippen LogP contribution < -0.4 is 0 Å². The summed E-state index contributed by atoms with van der Waals surface area (Å²) in [4.78, 5) is 0. The molecule has 0 saturated carbocycles. The van der Waals surface area contributed by atoms with Gasteiger partial charge in [0.25, 0.3) is 0 Å². The number of hydrogen-bond acceptors (Lipinski definition) is 2. The first-order valence-corrected chi connectivity index (χ1v) is 7.76. The molecule has 0 unspecified atom stereocenters. The number of halogens is 3. The third-order valence-corrected chi connectivity index (χ3v) is 4.47. The van der Waals surface area contributed by atoms with E-state index in [2.05, 4.69) is 10.3 Å². The van der Waals surface area contributed by atoms with Crippen LogP contribution in [0.4, 0.5) is 13.2 Å². The molecule has 6 heteroatoms. The summed E-state index contributed by atoms with van der Waals surface area (Å²) in [6.45, 7) is 4.32. The van der Waals surface area contributed by atoms with Crippen LogP contribution in [0, 0.1) is 0 Å². The number of hydrogen-bond donors (Lipinski definition) is 0. The van der Waals surface area contributed by atoms with E-state index in [1.54, 1.807) is 16.8 Å². The first-order valence-electron chi connectivity index (χ1n) is 7.76. The molecule has 1 aromatic heterocycles. The maximum atomic E-state index is 13.3. The van der Waals surface area contributed by atoms with Gasteiger partial charge in [-0.25, -0.2) is 4.68 Å². The Labute approximate surface area is 138 Å². The fourth-order valence-corrected chi connectivity index (χ4v) is 2.67. The summed E-state index contributed by atoms with van der Waals surface area (Å²) in [5.74, 6) is 0. The lowest BCUT2D eigenvalue weighted by Crippen LogP contribution is -2.36. The summed E-state index contributed by atoms with van der Waals surface area (Å²) >= 11 is 0. The second kappa shape index (κ2) is 5.61. The van der Waals surface area contributed by atoms with Crippen LogP contribution >= 0.6 is 0 Å². The van der Waals surface area contributed by atoms with E-state index in [4.69, 9.17) is 0 Å². The van der Waals surface area contributed by atoms with E-state index in [-0.39, 0.29) is 5.56 Å². The Kier molecular flexibility index (Phi) is 3.86. The van der Waals surface area contributed by atoms with Crippen LogP contribution in [0.2, 0.25) is 0 Å². The molecule has 0 saturated heterocycles. The van der Waals surface area contributed by atoms with Gasteiger partial charge in [-0.1, -0.05) is 36.4 Å². The highest BCUT2D eigenvalue weighted by atomic mass is 19.4. The number of rotatable bonds is 3. The van der Waals surface area contributed by atoms with Gasteiger partial charge in [0.2, 0.25) is 0 Å². The molecular formula is C18H18F3N3. The Hall–Kier alpha value is -2.37. The van der Waals surface area contributed by atoms with E-state index < -0.39 is 11.6 Å². The molecule has 0 amide bonds. The highest BCUT2D eigenvalue weighted by molar-refractivity contribution is 5.76. The van der Waals surface area contributed by atoms with Crippen molar-refractivity contribution >= 4 is 11.0 Å². The van der Waals surface area contributed by atoms with Crippen molar-refractivity contribution in [3.8, 4) is 5.69 Å². The average Bonchev–Trinajstić information content (AvgIpc) is 2.97. The van der Waals surface area contributed by atoms with Crippen molar-refractivity contribution in [2.75, 3.05) is 0 Å². The number of aryl methyl sites for hydroxylation is 1. The van der Waals surface area contributed by atoms with E-state index in [9.17, 15) is 13.2 Å². The zero-order chi connectivity index (χ0) is 17.5. The van der Waals surface area contributed by atoms with Gasteiger partial charge in [-0.05, 0) is 49.6 Å². The number of aromatic nitrogens is 3. The minimum atomic E-state index is -4.31. The maximum Gasteiger partial charge on any atom is 0.397 e. The van der Waals surface area contributed by atoms with Gasteiger partial charge in [-0.15, -0.1) is 5.10 Å². The molecule has 126 valence electrons. The van der Waals surface area contributed by atoms with Crippen LogP contribution in [-0.4, -0.2) is 21.2 Å². The molecule has 2 aromatic carbocycles. The van der Waals surface area contributed by atoms with Crippen molar-refractivity contribution in [2.45, 2.75) is 38.8 Å². The second-order valence-electron chi connectivity index (χ2n) is 6.31. The summed E-state index contributed by atoms with van der Waals surface area (Å²) in [7, 11) is 0. The molecule has 1 heterocycles. The van der Waals surface area contributed by atoms with Crippen LogP contribution in [0.5, 0.6) is 0 Å². The predicted molar refractivity (Wildman–Crippen MR) is 87.3 cm³/mol. The summed E-state index contributed by atoms with van der Waals surface area (Å²) in [6.07, 6.45) is -3.70. The molecule has 0 radical (unpaired) electrons. The zero-order valence-corrected chi connectivity index (χ0v) is 13.7. The Morgan fingerprint density at radius 2 is 1.75 bits per heavy atom. The molecule has 0 bridgehead atoms. The number of para-hydroxylation sites is 1. The zero-order valence-electron chi connectivity index (χ0n) is 13.7. The molecule has 0 aliphatic rings. The van der Waals surface area contributed by atoms with Crippen LogP contribution in [0.3, 0.4) is 0 Å². The maximum absolute atomic E-state index is 13.3. The van der Waals surface area contributed by atoms with Gasteiger partial charge < -0.3 is 0 Å². The van der Waals surface area contributed by atoms with Crippen LogP contribution in [-0.2, 0) is 11.8 Å². The van der Waals surface area contributed by atoms with E-state index in [0.29, 0.717) is 6.42 Å². The molecule has 0 fully saturated rings. The van der Waals surface area contributed by atoms with E-state index >= 15 is 0 Å². The molecule has 0 spiro atoms. The lowest BCUT2D eigenvalue weighted by atomic mass is 9.82. The molecule has 3 aromatic rings. The van der Waals surface area contributed by atoms with Gasteiger partial charge in [0.15, 0.2) is 0 Å². The van der Waals surface area contributed by atoms with Crippen LogP contribution in [0.15, 0.2) is 42.5 Å². The number of fused-ring (bicyclic) bond motifs is 1. The van der Waals surface area contributed by atoms with Crippen molar-refractivity contribution in [2.24, 2.45) is 0 Å². The molecule has 3 nitrogen and oxygen atoms in total. The van der Waals surface area contributed by atoms with E-state index in [0.717, 1.165) is 22.3 Å². The van der Waals surface area contributed by atoms with Crippen LogP contribution in [0.1, 0.15) is 31.9 Å². The smallest absolute Gasteiger partial charge is 0.213 e. The summed E-state index contributed by atoms with van der Waals surface area (Å²) in [6, 6.07) is 12.3. The van der Waals surface area contributed by atoms with Crippen molar-refractivity contribution in [1.82, 2.24) is 15.0 Å². The number of benzene rings is 2. The normalized spacial score (nSPS) is 12.8. The van der Waals surface area contributed by atoms with E-state index in [1.165, 1.54) is 19.9 Å². The lowest BCUT2D eigenvalue weighted by Gasteiger charge is -2.29. The Balaban J connectivity index is 2.15. The minimum Gasteiger partial charge on any atom is -0.213 e. The van der Waals surface area contributed by atoms with Gasteiger partial charge in [0, 0.05) is 0 Å². The molecule has 0 atom stereocenters. The first-order chi connectivity index (χ1) is 11.3. The third-order valence-electron chi connectivity index (χ3n) is 4.47. The highest BCUT2D eigenvalue weighted by Crippen LogP contribution is 2.41. The first kappa shape index (κ1) is 16.5. The largest absolute Gasteiger partial charge is 0.397 e. The Morgan fingerprint density at radius 3 is 2.42 bits per heavy atom. The molecule has 0 N–H and O–H groups in total. The van der Waals surface area contributed by atoms with Gasteiger partial charge >= 0.3 is 6.18 Å². The standard InChI is InChI=1S/C18H18F3N3/c1-4-12-11-13(17(2,3)18(19,20)21)9-10-15(12)24-16-8-6-5-7-14(16)22-23-24/h5-11H,4H2,1-3H3. The van der Waals surface area contributed by atoms with E-state index in [1.807, 2.05) is 31.2 Å². The highest BCUT2D eigenvalue weighted by Gasteiger charge is 2.48. The topological polar surface area (TPSA) is 30.7 Å². The predicted octanol–water partition coefficient (Wildman–Crippen LogP) is 4.82. The van der Waals surface area contributed by atoms with Crippen molar-refractivity contribution in [1.29, 1.82) is 0 Å². The van der Waals surface area contributed by atoms with Crippen LogP contribution in [0.25, 0.3) is 16.7 Å². The Morgan fingerprint density at radius 1 is 1.04 bits per heavy atom. The summed E-state index contributed by atoms with van der Waals surface area (Å²) in [5, 5.41) is 8.27. The molecular weight excluding hydrogens is 315 g/mol. The fourth-order valence-electron chi connectivity index (χ4n) is 2.67. The fraction of sp³-hybridized carbons (Fsp3) is 0.333. The monoisotopic (exact) mass is 333 g/mol. The number of nitrogens with zero attached hydrogens (tertiary/aromatic N) is 3. The van der Waals surface area contributed by atoms with Gasteiger partial charge in [-0.3, -0.25) is 0 Å². The van der Waals surface area contributed by atoms with Crippen molar-refractivity contribution in [3.05, 3.63) is 53.6 Å². The van der Waals surface area contributed by atoms with Gasteiger partial charge in [-0.2, -0.15) is 13.2 Å². The summed E-state index contributed by atoms with van der Waals surface area (Å²) in [5.41, 5.74) is 1.49. The second-order valence-corrected chi connectivity index (χ2v) is 6.31. The van der Waals surface area contributed by atoms with Crippen molar-refractivity contribution in [3.63, 3.8) is 0 Å². The molecule has 24 heavy (non-hydrogen) atoms. The minimum absolute atomic E-state index is 0.250. The van der Waals surface area contributed by atoms with Crippen molar-refractivity contribution < 1.29 is 13.2 Å². The lowest BCUT2D eigenvalue weighted by molar-refractivity contribution is -0.180. The van der Waals surface area contributed by atoms with Gasteiger partial charge in [0.05, 0.1) is 16.6 Å².